The molecule has 1 atom stereocenters. The van der Waals surface area contributed by atoms with Crippen LogP contribution in [-0.2, 0) is 0 Å². The maximum Gasteiger partial charge on any atom is 0.414 e. The Hall–Kier alpha value is -0.287. The fraction of sp³-hybridized carbons (Fsp3) is 0.143. The Morgan fingerprint density at radius 3 is 1.88 bits per heavy atom. The van der Waals surface area contributed by atoms with Crippen LogP contribution in [0.3, 0.4) is 0 Å². The number of alkyl halides is 1. The third-order valence-electron chi connectivity index (χ3n) is 2.75. The molecule has 2 aromatic rings. The van der Waals surface area contributed by atoms with E-state index in [1.807, 2.05) is 0 Å². The molecule has 0 spiro atoms. The Morgan fingerprint density at radius 2 is 1.35 bits per heavy atom. The summed E-state index contributed by atoms with van der Waals surface area (Å²) in [4.78, 5) is 0. The number of rotatable bonds is 3. The molecule has 0 amide bonds. The first-order chi connectivity index (χ1) is 8.36. The van der Waals surface area contributed by atoms with Gasteiger partial charge in [0.1, 0.15) is 0 Å². The summed E-state index contributed by atoms with van der Waals surface area (Å²) in [6, 6.07) is 21.9. The summed E-state index contributed by atoms with van der Waals surface area (Å²) < 4.78 is 2.45. The summed E-state index contributed by atoms with van der Waals surface area (Å²) in [5, 5.41) is 0. The van der Waals surface area contributed by atoms with Gasteiger partial charge in [-0.25, -0.2) is 0 Å². The monoisotopic (exact) mass is 272 g/mol. The molecule has 0 saturated carbocycles. The highest BCUT2D eigenvalue weighted by Gasteiger charge is 2.09. The van der Waals surface area contributed by atoms with Crippen LogP contribution < -0.4 is 3.69 Å². The van der Waals surface area contributed by atoms with Gasteiger partial charge in [0.15, 0.2) is 0 Å². The Balaban J connectivity index is 0.000000686. The van der Waals surface area contributed by atoms with Crippen molar-refractivity contribution in [3.63, 3.8) is 0 Å². The van der Waals surface area contributed by atoms with Gasteiger partial charge in [0.2, 0.25) is 0 Å². The highest BCUT2D eigenvalue weighted by atomic mass is 35.5. The molecule has 0 nitrogen and oxygen atoms in total. The van der Waals surface area contributed by atoms with Gasteiger partial charge in [-0.1, -0.05) is 66.2 Å². The van der Waals surface area contributed by atoms with Gasteiger partial charge in [-0.05, 0) is 10.2 Å². The van der Waals surface area contributed by atoms with E-state index in [2.05, 4.69) is 72.3 Å². The van der Waals surface area contributed by atoms with Gasteiger partial charge in [-0.3, -0.25) is 0 Å². The van der Waals surface area contributed by atoms with E-state index in [0.717, 1.165) is 3.67 Å². The van der Waals surface area contributed by atoms with E-state index in [0.29, 0.717) is 0 Å². The molecular weight excluding hydrogens is 256 g/mol. The van der Waals surface area contributed by atoms with Crippen LogP contribution >= 0.6 is 11.6 Å². The van der Waals surface area contributed by atoms with Crippen LogP contribution in [0.4, 0.5) is 0 Å². The third-order valence-corrected chi connectivity index (χ3v) is 6.67. The average molecular weight is 273 g/mol. The SMILES string of the molecule is CCl.[SiH3][CH]([Mg][c]1ccccc1)c1ccccc1. The minimum atomic E-state index is -0.124. The Labute approximate surface area is 122 Å². The lowest BCUT2D eigenvalue weighted by Crippen LogP contribution is -2.21. The first kappa shape index (κ1) is 14.8. The third kappa shape index (κ3) is 5.25. The van der Waals surface area contributed by atoms with E-state index in [1.165, 1.54) is 16.6 Å². The van der Waals surface area contributed by atoms with Crippen molar-refractivity contribution in [1.29, 1.82) is 0 Å². The van der Waals surface area contributed by atoms with E-state index in [4.69, 9.17) is 0 Å². The molecule has 1 unspecified atom stereocenters. The van der Waals surface area contributed by atoms with Crippen molar-refractivity contribution in [2.45, 2.75) is 3.67 Å². The van der Waals surface area contributed by atoms with Crippen molar-refractivity contribution < 1.29 is 0 Å². The molecule has 3 heteroatoms. The van der Waals surface area contributed by atoms with Gasteiger partial charge in [0.25, 0.3) is 0 Å². The van der Waals surface area contributed by atoms with Crippen LogP contribution in [0.15, 0.2) is 60.7 Å². The molecular formula is C14H17ClMgSi. The first-order valence-corrected chi connectivity index (χ1v) is 9.26. The van der Waals surface area contributed by atoms with Gasteiger partial charge in [-0.15, -0.1) is 15.3 Å². The Bertz CT molecular complexity index is 405. The summed E-state index contributed by atoms with van der Waals surface area (Å²) in [6.07, 6.45) is 1.47. The summed E-state index contributed by atoms with van der Waals surface area (Å²) in [7, 11) is 1.27. The molecule has 0 fully saturated rings. The topological polar surface area (TPSA) is 0 Å². The predicted molar refractivity (Wildman–Crippen MR) is 82.7 cm³/mol. The van der Waals surface area contributed by atoms with Gasteiger partial charge in [-0.2, -0.15) is 3.69 Å². The molecule has 0 aliphatic heterocycles. The van der Waals surface area contributed by atoms with E-state index >= 15 is 0 Å². The summed E-state index contributed by atoms with van der Waals surface area (Å²) in [5.41, 5.74) is 1.54. The molecule has 2 aromatic carbocycles. The van der Waals surface area contributed by atoms with E-state index in [1.54, 1.807) is 9.26 Å². The zero-order valence-corrected chi connectivity index (χ0v) is 14.6. The minimum Gasteiger partial charge on any atom is -0.173 e. The molecule has 0 saturated heterocycles. The molecule has 0 heterocycles. The lowest BCUT2D eigenvalue weighted by atomic mass is 10.2. The normalized spacial score (nSPS) is 10.9. The molecule has 0 radical (unpaired) electrons. The molecule has 0 aromatic heterocycles. The van der Waals surface area contributed by atoms with Crippen molar-refractivity contribution in [2.75, 3.05) is 6.38 Å². The van der Waals surface area contributed by atoms with Gasteiger partial charge < -0.3 is 0 Å². The van der Waals surface area contributed by atoms with Gasteiger partial charge in [0, 0.05) is 6.38 Å². The van der Waals surface area contributed by atoms with Crippen LogP contribution in [0.2, 0.25) is 0 Å². The van der Waals surface area contributed by atoms with E-state index in [-0.39, 0.29) is 20.4 Å². The second-order valence-corrected chi connectivity index (χ2v) is 9.48. The lowest BCUT2D eigenvalue weighted by molar-refractivity contribution is 1.33. The molecule has 0 bridgehead atoms. The van der Waals surface area contributed by atoms with E-state index < -0.39 is 0 Å². The number of hydrogen-bond acceptors (Lipinski definition) is 0. The van der Waals surface area contributed by atoms with Gasteiger partial charge in [0.05, 0.1) is 0 Å². The van der Waals surface area contributed by atoms with Crippen LogP contribution in [0.5, 0.6) is 0 Å². The van der Waals surface area contributed by atoms with Crippen LogP contribution in [-0.4, -0.2) is 37.0 Å². The van der Waals surface area contributed by atoms with Crippen LogP contribution in [0.25, 0.3) is 0 Å². The second kappa shape index (κ2) is 8.75. The summed E-state index contributed by atoms with van der Waals surface area (Å²) in [5.74, 6) is 0. The van der Waals surface area contributed by atoms with Crippen molar-refractivity contribution in [3.05, 3.63) is 66.2 Å². The lowest BCUT2D eigenvalue weighted by Gasteiger charge is -2.10. The summed E-state index contributed by atoms with van der Waals surface area (Å²) >= 11 is 4.52. The Kier molecular flexibility index (Phi) is 7.61. The van der Waals surface area contributed by atoms with Crippen molar-refractivity contribution in [3.8, 4) is 0 Å². The first-order valence-electron chi connectivity index (χ1n) is 5.83. The van der Waals surface area contributed by atoms with Gasteiger partial charge >= 0.3 is 20.4 Å². The second-order valence-electron chi connectivity index (χ2n) is 4.00. The summed E-state index contributed by atoms with van der Waals surface area (Å²) in [6.45, 7) is 0. The average Bonchev–Trinajstić information content (AvgIpc) is 2.43. The van der Waals surface area contributed by atoms with Crippen molar-refractivity contribution in [1.82, 2.24) is 0 Å². The van der Waals surface area contributed by atoms with Crippen LogP contribution in [0.1, 0.15) is 9.23 Å². The standard InChI is InChI=1S/C7H9Si.C6H5.CH3Cl.Mg/c8-6-7-4-2-1-3-5-7;1-2-4-6-5-3-1;1-2;/h1-6H,8H3;1-5H;1H3;. The number of hydrogen-bond donors (Lipinski definition) is 0. The number of halogens is 1. The predicted octanol–water partition coefficient (Wildman–Crippen LogP) is 1.94. The molecule has 0 N–H and O–H groups in total. The molecule has 17 heavy (non-hydrogen) atoms. The van der Waals surface area contributed by atoms with Crippen molar-refractivity contribution in [2.24, 2.45) is 0 Å². The van der Waals surface area contributed by atoms with Crippen molar-refractivity contribution >= 4 is 45.9 Å². The smallest absolute Gasteiger partial charge is 0.173 e. The quantitative estimate of drug-likeness (QED) is 0.592. The molecule has 0 aliphatic rings. The molecule has 86 valence electrons. The fourth-order valence-electron chi connectivity index (χ4n) is 1.87. The minimum absolute atomic E-state index is 0.124. The Morgan fingerprint density at radius 1 is 0.882 bits per heavy atom. The highest BCUT2D eigenvalue weighted by molar-refractivity contribution is 6.62. The zero-order chi connectivity index (χ0) is 12.5. The van der Waals surface area contributed by atoms with Crippen LogP contribution in [0, 0.1) is 0 Å². The maximum atomic E-state index is 4.64. The zero-order valence-electron chi connectivity index (χ0n) is 10.4. The number of benzene rings is 2. The fourth-order valence-corrected chi connectivity index (χ4v) is 5.43. The molecule has 0 aliphatic carbocycles. The largest absolute Gasteiger partial charge is 0.414 e. The highest BCUT2D eigenvalue weighted by Crippen LogP contribution is 2.09. The van der Waals surface area contributed by atoms with E-state index in [9.17, 15) is 0 Å². The maximum absolute atomic E-state index is 4.64. The molecule has 2 rings (SSSR count).